The predicted octanol–water partition coefficient (Wildman–Crippen LogP) is 0.135. The molecule has 0 aromatic heterocycles. The van der Waals surface area contributed by atoms with Gasteiger partial charge < -0.3 is 20.7 Å². The summed E-state index contributed by atoms with van der Waals surface area (Å²) < 4.78 is 32.2. The second-order valence-electron chi connectivity index (χ2n) is 5.70. The highest BCUT2D eigenvalue weighted by atomic mass is 32.2. The van der Waals surface area contributed by atoms with E-state index in [9.17, 15) is 18.6 Å². The van der Waals surface area contributed by atoms with Crippen molar-refractivity contribution in [3.8, 4) is 5.75 Å². The van der Waals surface area contributed by atoms with Gasteiger partial charge in [0.05, 0.1) is 28.9 Å². The quantitative estimate of drug-likeness (QED) is 0.540. The highest BCUT2D eigenvalue weighted by Gasteiger charge is 2.39. The lowest BCUT2D eigenvalue weighted by Gasteiger charge is -2.41. The fraction of sp³-hybridized carbons (Fsp3) is 0.538. The van der Waals surface area contributed by atoms with Crippen molar-refractivity contribution >= 4 is 15.7 Å². The number of aliphatic hydroxyl groups is 1. The number of aromatic hydroxyl groups is 1. The van der Waals surface area contributed by atoms with Gasteiger partial charge in [-0.1, -0.05) is 0 Å². The number of nitrogen functional groups attached to an aromatic ring is 1. The fourth-order valence-corrected chi connectivity index (χ4v) is 4.02. The smallest absolute Gasteiger partial charge is 0.243 e. The van der Waals surface area contributed by atoms with Gasteiger partial charge in [-0.15, -0.1) is 0 Å². The maximum atomic E-state index is 12.7. The number of ether oxygens (including phenoxy) is 1. The molecule has 7 nitrogen and oxygen atoms in total. The molecule has 4 N–H and O–H groups in total. The van der Waals surface area contributed by atoms with Crippen molar-refractivity contribution in [2.24, 2.45) is 0 Å². The average molecular weight is 316 g/mol. The van der Waals surface area contributed by atoms with Crippen LogP contribution in [0.1, 0.15) is 13.8 Å². The monoisotopic (exact) mass is 316 g/mol. The molecule has 1 saturated heterocycles. The fourth-order valence-electron chi connectivity index (χ4n) is 2.36. The third-order valence-electron chi connectivity index (χ3n) is 3.29. The van der Waals surface area contributed by atoms with Gasteiger partial charge in [-0.25, -0.2) is 8.42 Å². The van der Waals surface area contributed by atoms with Gasteiger partial charge in [0.1, 0.15) is 5.75 Å². The van der Waals surface area contributed by atoms with Gasteiger partial charge in [0.25, 0.3) is 0 Å². The van der Waals surface area contributed by atoms with Crippen LogP contribution in [0.3, 0.4) is 0 Å². The number of benzene rings is 1. The molecule has 1 atom stereocenters. The third kappa shape index (κ3) is 3.29. The van der Waals surface area contributed by atoms with Crippen LogP contribution in [-0.4, -0.2) is 54.3 Å². The molecule has 1 aromatic rings. The minimum atomic E-state index is -3.76. The summed E-state index contributed by atoms with van der Waals surface area (Å²) in [5.74, 6) is -0.163. The number of hydrogen-bond donors (Lipinski definition) is 3. The second kappa shape index (κ2) is 5.45. The average Bonchev–Trinajstić information content (AvgIpc) is 2.39. The van der Waals surface area contributed by atoms with Gasteiger partial charge >= 0.3 is 0 Å². The summed E-state index contributed by atoms with van der Waals surface area (Å²) in [6.45, 7) is 3.52. The van der Waals surface area contributed by atoms with Crippen LogP contribution in [0.5, 0.6) is 5.75 Å². The molecule has 0 bridgehead atoms. The third-order valence-corrected chi connectivity index (χ3v) is 5.10. The molecule has 1 aromatic carbocycles. The Labute approximate surface area is 124 Å². The number of nitrogens with zero attached hydrogens (tertiary/aromatic N) is 1. The zero-order valence-electron chi connectivity index (χ0n) is 12.0. The van der Waals surface area contributed by atoms with Crippen LogP contribution in [0.25, 0.3) is 0 Å². The Morgan fingerprint density at radius 2 is 2.14 bits per heavy atom. The first-order chi connectivity index (χ1) is 9.65. The van der Waals surface area contributed by atoms with Gasteiger partial charge in [-0.3, -0.25) is 0 Å². The van der Waals surface area contributed by atoms with E-state index in [1.807, 2.05) is 0 Å². The first-order valence-corrected chi connectivity index (χ1v) is 7.97. The molecule has 0 spiro atoms. The minimum absolute atomic E-state index is 0.00213. The van der Waals surface area contributed by atoms with Crippen molar-refractivity contribution in [3.63, 3.8) is 0 Å². The second-order valence-corrected chi connectivity index (χ2v) is 7.64. The van der Waals surface area contributed by atoms with E-state index in [0.29, 0.717) is 0 Å². The van der Waals surface area contributed by atoms with Crippen LogP contribution in [0, 0.1) is 0 Å². The highest BCUT2D eigenvalue weighted by Crippen LogP contribution is 2.29. The molecular weight excluding hydrogens is 296 g/mol. The topological polar surface area (TPSA) is 113 Å². The van der Waals surface area contributed by atoms with Crippen molar-refractivity contribution in [1.82, 2.24) is 4.31 Å². The number of phenols is 1. The van der Waals surface area contributed by atoms with E-state index in [2.05, 4.69) is 0 Å². The summed E-state index contributed by atoms with van der Waals surface area (Å²) in [6, 6.07) is 3.77. The highest BCUT2D eigenvalue weighted by molar-refractivity contribution is 7.89. The van der Waals surface area contributed by atoms with Crippen LogP contribution in [-0.2, 0) is 14.8 Å². The van der Waals surface area contributed by atoms with Crippen molar-refractivity contribution in [2.75, 3.05) is 25.4 Å². The standard InChI is InChI=1S/C13H20N2O5S/c1-13(2)8-15(6-9(7-16)20-13)21(18,19)10-3-4-12(17)11(14)5-10/h3-5,9,16-17H,6-8,14H2,1-2H3. The van der Waals surface area contributed by atoms with Crippen LogP contribution in [0.4, 0.5) is 5.69 Å². The molecule has 0 amide bonds. The van der Waals surface area contributed by atoms with Gasteiger partial charge in [-0.05, 0) is 32.0 Å². The molecule has 1 heterocycles. The summed E-state index contributed by atoms with van der Waals surface area (Å²) in [5.41, 5.74) is 4.86. The van der Waals surface area contributed by atoms with Crippen molar-refractivity contribution in [1.29, 1.82) is 0 Å². The molecule has 0 radical (unpaired) electrons. The first kappa shape index (κ1) is 16.0. The van der Waals surface area contributed by atoms with Crippen LogP contribution in [0.15, 0.2) is 23.1 Å². The summed E-state index contributed by atoms with van der Waals surface area (Å²) in [5, 5.41) is 18.7. The van der Waals surface area contributed by atoms with Crippen molar-refractivity contribution < 1.29 is 23.4 Å². The molecular formula is C13H20N2O5S. The predicted molar refractivity (Wildman–Crippen MR) is 77.3 cm³/mol. The van der Waals surface area contributed by atoms with Crippen LogP contribution >= 0.6 is 0 Å². The van der Waals surface area contributed by atoms with E-state index < -0.39 is 21.7 Å². The number of nitrogens with two attached hydrogens (primary N) is 1. The van der Waals surface area contributed by atoms with Crippen LogP contribution < -0.4 is 5.73 Å². The van der Waals surface area contributed by atoms with Gasteiger partial charge in [0, 0.05) is 13.1 Å². The molecule has 1 aliphatic rings. The lowest BCUT2D eigenvalue weighted by atomic mass is 10.1. The van der Waals surface area contributed by atoms with E-state index in [1.165, 1.54) is 22.5 Å². The van der Waals surface area contributed by atoms with E-state index >= 15 is 0 Å². The summed E-state index contributed by atoms with van der Waals surface area (Å²) in [6.07, 6.45) is -0.571. The Morgan fingerprint density at radius 1 is 1.48 bits per heavy atom. The molecule has 1 unspecified atom stereocenters. The molecule has 1 fully saturated rings. The van der Waals surface area contributed by atoms with Gasteiger partial charge in [0.15, 0.2) is 0 Å². The zero-order valence-corrected chi connectivity index (χ0v) is 12.8. The van der Waals surface area contributed by atoms with E-state index in [-0.39, 0.29) is 36.0 Å². The molecule has 2 rings (SSSR count). The maximum Gasteiger partial charge on any atom is 0.243 e. The minimum Gasteiger partial charge on any atom is -0.506 e. The molecule has 21 heavy (non-hydrogen) atoms. The first-order valence-electron chi connectivity index (χ1n) is 6.53. The van der Waals surface area contributed by atoms with E-state index in [1.54, 1.807) is 13.8 Å². The maximum absolute atomic E-state index is 12.7. The van der Waals surface area contributed by atoms with Crippen molar-refractivity contribution in [2.45, 2.75) is 30.4 Å². The van der Waals surface area contributed by atoms with E-state index in [0.717, 1.165) is 0 Å². The number of aliphatic hydroxyl groups excluding tert-OH is 1. The van der Waals surface area contributed by atoms with Gasteiger partial charge in [-0.2, -0.15) is 4.31 Å². The zero-order chi connectivity index (χ0) is 15.8. The lowest BCUT2D eigenvalue weighted by Crippen LogP contribution is -2.55. The Morgan fingerprint density at radius 3 is 2.71 bits per heavy atom. The largest absolute Gasteiger partial charge is 0.506 e. The summed E-state index contributed by atoms with van der Waals surface area (Å²) >= 11 is 0. The lowest BCUT2D eigenvalue weighted by molar-refractivity contribution is -0.131. The molecule has 0 saturated carbocycles. The molecule has 1 aliphatic heterocycles. The number of rotatable bonds is 3. The Kier molecular flexibility index (Phi) is 4.16. The number of sulfonamides is 1. The number of anilines is 1. The molecule has 8 heteroatoms. The van der Waals surface area contributed by atoms with Crippen molar-refractivity contribution in [3.05, 3.63) is 18.2 Å². The summed E-state index contributed by atoms with van der Waals surface area (Å²) in [7, 11) is -3.76. The van der Waals surface area contributed by atoms with E-state index in [4.69, 9.17) is 10.5 Å². The summed E-state index contributed by atoms with van der Waals surface area (Å²) in [4.78, 5) is 0.00666. The Balaban J connectivity index is 2.36. The Hall–Kier alpha value is -1.35. The molecule has 118 valence electrons. The van der Waals surface area contributed by atoms with Crippen LogP contribution in [0.2, 0.25) is 0 Å². The molecule has 0 aliphatic carbocycles. The normalized spacial score (nSPS) is 23.1. The number of morpholine rings is 1. The van der Waals surface area contributed by atoms with Gasteiger partial charge in [0.2, 0.25) is 10.0 Å². The SMILES string of the molecule is CC1(C)CN(S(=O)(=O)c2ccc(O)c(N)c2)CC(CO)O1. The number of phenolic OH excluding ortho intramolecular Hbond substituents is 1. The Bertz CT molecular complexity index is 629. The number of hydrogen-bond acceptors (Lipinski definition) is 6.